The van der Waals surface area contributed by atoms with Gasteiger partial charge in [0.1, 0.15) is 11.9 Å². The monoisotopic (exact) mass is 333 g/mol. The van der Waals surface area contributed by atoms with Crippen LogP contribution in [0.3, 0.4) is 0 Å². The molecule has 3 amide bonds. The van der Waals surface area contributed by atoms with Crippen LogP contribution in [0, 0.1) is 0 Å². The molecule has 1 atom stereocenters. The van der Waals surface area contributed by atoms with E-state index in [2.05, 4.69) is 5.32 Å². The van der Waals surface area contributed by atoms with Crippen molar-refractivity contribution in [2.24, 2.45) is 0 Å². The van der Waals surface area contributed by atoms with E-state index in [1.54, 1.807) is 23.1 Å². The van der Waals surface area contributed by atoms with E-state index in [1.807, 2.05) is 6.92 Å². The first kappa shape index (κ1) is 16.1. The lowest BCUT2D eigenvalue weighted by molar-refractivity contribution is -0.121. The maximum absolute atomic E-state index is 12.1. The standard InChI is InChI=1S/C16H19N3O5/c1-3-18-13-5-4-11(6-14(13)23-9-15(18)21)19-8-12(24-16(19)22)7-17-10(2)20/h4-6,12H,3,7-9H2,1-2H3,(H,17,20). The van der Waals surface area contributed by atoms with Crippen LogP contribution in [0.2, 0.25) is 0 Å². The topological polar surface area (TPSA) is 88.2 Å². The van der Waals surface area contributed by atoms with E-state index in [0.29, 0.717) is 30.2 Å². The van der Waals surface area contributed by atoms with Gasteiger partial charge in [-0.05, 0) is 19.1 Å². The van der Waals surface area contributed by atoms with Gasteiger partial charge in [0.15, 0.2) is 6.61 Å². The lowest BCUT2D eigenvalue weighted by atomic mass is 10.2. The Kier molecular flexibility index (Phi) is 4.28. The number of cyclic esters (lactones) is 1. The molecule has 2 aliphatic rings. The molecule has 8 nitrogen and oxygen atoms in total. The lowest BCUT2D eigenvalue weighted by Gasteiger charge is -2.29. The summed E-state index contributed by atoms with van der Waals surface area (Å²) in [6.45, 7) is 4.46. The summed E-state index contributed by atoms with van der Waals surface area (Å²) in [5.74, 6) is 0.303. The number of benzene rings is 1. The highest BCUT2D eigenvalue weighted by Crippen LogP contribution is 2.36. The Labute approximate surface area is 139 Å². The fraction of sp³-hybridized carbons (Fsp3) is 0.438. The fourth-order valence-electron chi connectivity index (χ4n) is 2.80. The Morgan fingerprint density at radius 2 is 2.17 bits per heavy atom. The number of carbonyl (C=O) groups is 3. The van der Waals surface area contributed by atoms with Crippen LogP contribution < -0.4 is 19.9 Å². The summed E-state index contributed by atoms with van der Waals surface area (Å²) < 4.78 is 10.7. The van der Waals surface area contributed by atoms with E-state index in [4.69, 9.17) is 9.47 Å². The van der Waals surface area contributed by atoms with E-state index in [0.717, 1.165) is 0 Å². The molecule has 1 N–H and O–H groups in total. The number of amides is 3. The number of fused-ring (bicyclic) bond motifs is 1. The number of hydrogen-bond acceptors (Lipinski definition) is 5. The minimum atomic E-state index is -0.468. The normalized spacial score (nSPS) is 19.7. The van der Waals surface area contributed by atoms with Crippen molar-refractivity contribution in [2.75, 3.05) is 36.0 Å². The molecule has 24 heavy (non-hydrogen) atoms. The molecule has 1 saturated heterocycles. The summed E-state index contributed by atoms with van der Waals surface area (Å²) in [5, 5.41) is 2.64. The van der Waals surface area contributed by atoms with Crippen LogP contribution in [0.5, 0.6) is 5.75 Å². The predicted octanol–water partition coefficient (Wildman–Crippen LogP) is 0.893. The molecule has 1 aromatic rings. The molecule has 1 aromatic carbocycles. The molecule has 3 rings (SSSR count). The molecule has 8 heteroatoms. The van der Waals surface area contributed by atoms with Crippen molar-refractivity contribution in [3.63, 3.8) is 0 Å². The van der Waals surface area contributed by atoms with Crippen molar-refractivity contribution in [1.82, 2.24) is 5.32 Å². The number of rotatable bonds is 4. The van der Waals surface area contributed by atoms with Gasteiger partial charge in [-0.15, -0.1) is 0 Å². The van der Waals surface area contributed by atoms with Crippen molar-refractivity contribution in [3.8, 4) is 5.75 Å². The molecule has 1 unspecified atom stereocenters. The zero-order chi connectivity index (χ0) is 17.3. The zero-order valence-corrected chi connectivity index (χ0v) is 13.6. The van der Waals surface area contributed by atoms with Crippen molar-refractivity contribution < 1.29 is 23.9 Å². The third kappa shape index (κ3) is 2.99. The van der Waals surface area contributed by atoms with Gasteiger partial charge in [0.25, 0.3) is 5.91 Å². The highest BCUT2D eigenvalue weighted by molar-refractivity contribution is 5.99. The molecule has 2 heterocycles. The SMILES string of the molecule is CCN1C(=O)COc2cc(N3CC(CNC(C)=O)OC3=O)ccc21. The second-order valence-corrected chi connectivity index (χ2v) is 5.63. The van der Waals surface area contributed by atoms with Crippen LogP contribution in [-0.4, -0.2) is 50.3 Å². The summed E-state index contributed by atoms with van der Waals surface area (Å²) in [6, 6.07) is 5.25. The van der Waals surface area contributed by atoms with Crippen LogP contribution in [-0.2, 0) is 14.3 Å². The minimum absolute atomic E-state index is 0.0140. The summed E-state index contributed by atoms with van der Waals surface area (Å²) in [7, 11) is 0. The van der Waals surface area contributed by atoms with Crippen molar-refractivity contribution in [3.05, 3.63) is 18.2 Å². The van der Waals surface area contributed by atoms with Crippen LogP contribution >= 0.6 is 0 Å². The molecular weight excluding hydrogens is 314 g/mol. The zero-order valence-electron chi connectivity index (χ0n) is 13.6. The Hall–Kier alpha value is -2.77. The molecule has 0 radical (unpaired) electrons. The van der Waals surface area contributed by atoms with Crippen molar-refractivity contribution in [1.29, 1.82) is 0 Å². The van der Waals surface area contributed by atoms with E-state index in [9.17, 15) is 14.4 Å². The number of likely N-dealkylation sites (N-methyl/N-ethyl adjacent to an activating group) is 1. The largest absolute Gasteiger partial charge is 0.481 e. The van der Waals surface area contributed by atoms with E-state index in [1.165, 1.54) is 11.8 Å². The van der Waals surface area contributed by atoms with Gasteiger partial charge in [-0.1, -0.05) is 0 Å². The van der Waals surface area contributed by atoms with Gasteiger partial charge in [-0.25, -0.2) is 4.79 Å². The maximum atomic E-state index is 12.1. The summed E-state index contributed by atoms with van der Waals surface area (Å²) in [5.41, 5.74) is 1.33. The van der Waals surface area contributed by atoms with Gasteiger partial charge in [0.2, 0.25) is 5.91 Å². The minimum Gasteiger partial charge on any atom is -0.481 e. The highest BCUT2D eigenvalue weighted by Gasteiger charge is 2.33. The number of nitrogens with one attached hydrogen (secondary N) is 1. The molecule has 0 bridgehead atoms. The second kappa shape index (κ2) is 6.38. The predicted molar refractivity (Wildman–Crippen MR) is 86.3 cm³/mol. The molecule has 0 aromatic heterocycles. The quantitative estimate of drug-likeness (QED) is 0.884. The molecule has 2 aliphatic heterocycles. The molecule has 0 spiro atoms. The average molecular weight is 333 g/mol. The first-order valence-corrected chi connectivity index (χ1v) is 7.79. The van der Waals surface area contributed by atoms with Crippen LogP contribution in [0.15, 0.2) is 18.2 Å². The molecule has 0 saturated carbocycles. The number of anilines is 2. The lowest BCUT2D eigenvalue weighted by Crippen LogP contribution is -2.38. The van der Waals surface area contributed by atoms with Gasteiger partial charge in [-0.3, -0.25) is 14.5 Å². The second-order valence-electron chi connectivity index (χ2n) is 5.63. The van der Waals surface area contributed by atoms with E-state index >= 15 is 0 Å². The molecule has 1 fully saturated rings. The van der Waals surface area contributed by atoms with Crippen molar-refractivity contribution in [2.45, 2.75) is 20.0 Å². The average Bonchev–Trinajstić information content (AvgIpc) is 2.93. The number of carbonyl (C=O) groups excluding carboxylic acids is 3. The van der Waals surface area contributed by atoms with E-state index < -0.39 is 12.2 Å². The van der Waals surface area contributed by atoms with Crippen LogP contribution in [0.1, 0.15) is 13.8 Å². The first-order valence-electron chi connectivity index (χ1n) is 7.79. The van der Waals surface area contributed by atoms with Gasteiger partial charge in [0, 0.05) is 19.5 Å². The summed E-state index contributed by atoms with van der Waals surface area (Å²) in [4.78, 5) is 38.0. The Bertz CT molecular complexity index is 690. The fourth-order valence-corrected chi connectivity index (χ4v) is 2.80. The van der Waals surface area contributed by atoms with Crippen molar-refractivity contribution >= 4 is 29.3 Å². The summed E-state index contributed by atoms with van der Waals surface area (Å²) >= 11 is 0. The molecule has 128 valence electrons. The summed E-state index contributed by atoms with van der Waals surface area (Å²) in [6.07, 6.45) is -0.864. The number of nitrogens with zero attached hydrogens (tertiary/aromatic N) is 2. The van der Waals surface area contributed by atoms with Crippen LogP contribution in [0.4, 0.5) is 16.2 Å². The van der Waals surface area contributed by atoms with Gasteiger partial charge >= 0.3 is 6.09 Å². The smallest absolute Gasteiger partial charge is 0.414 e. The third-order valence-electron chi connectivity index (χ3n) is 3.97. The van der Waals surface area contributed by atoms with E-state index in [-0.39, 0.29) is 25.0 Å². The third-order valence-corrected chi connectivity index (χ3v) is 3.97. The molecule has 0 aliphatic carbocycles. The van der Waals surface area contributed by atoms with Gasteiger partial charge < -0.3 is 19.7 Å². The Morgan fingerprint density at radius 3 is 2.88 bits per heavy atom. The number of hydrogen-bond donors (Lipinski definition) is 1. The Morgan fingerprint density at radius 1 is 1.38 bits per heavy atom. The van der Waals surface area contributed by atoms with Gasteiger partial charge in [-0.2, -0.15) is 0 Å². The maximum Gasteiger partial charge on any atom is 0.414 e. The first-order chi connectivity index (χ1) is 11.5. The number of ether oxygens (including phenoxy) is 2. The van der Waals surface area contributed by atoms with Gasteiger partial charge in [0.05, 0.1) is 24.5 Å². The highest BCUT2D eigenvalue weighted by atomic mass is 16.6. The van der Waals surface area contributed by atoms with Crippen LogP contribution in [0.25, 0.3) is 0 Å². The Balaban J connectivity index is 1.77. The molecular formula is C16H19N3O5.